The van der Waals surface area contributed by atoms with Gasteiger partial charge in [0.25, 0.3) is 0 Å². The van der Waals surface area contributed by atoms with Crippen molar-refractivity contribution in [1.82, 2.24) is 31.5 Å². The minimum Gasteiger partial charge on any atom is -0.508 e. The minimum absolute atomic E-state index is 0.000368. The largest absolute Gasteiger partial charge is 0.508 e. The van der Waals surface area contributed by atoms with Gasteiger partial charge in [-0.05, 0) is 80.4 Å². The number of aromatic hydroxyl groups is 1. The molecule has 17 N–H and O–H groups in total. The zero-order valence-corrected chi connectivity index (χ0v) is 37.8. The van der Waals surface area contributed by atoms with Crippen LogP contribution in [0.5, 0.6) is 5.75 Å². The molecule has 22 nitrogen and oxygen atoms in total. The summed E-state index contributed by atoms with van der Waals surface area (Å²) in [6.07, 6.45) is 1.84. The van der Waals surface area contributed by atoms with E-state index in [1.165, 1.54) is 17.0 Å². The van der Waals surface area contributed by atoms with Gasteiger partial charge < -0.3 is 70.4 Å². The van der Waals surface area contributed by atoms with Crippen molar-refractivity contribution in [3.05, 3.63) is 29.8 Å². The number of carboxylic acids is 1. The molecule has 1 aliphatic rings. The van der Waals surface area contributed by atoms with E-state index in [2.05, 4.69) is 36.6 Å². The Morgan fingerprint density at radius 3 is 1.73 bits per heavy atom. The van der Waals surface area contributed by atoms with Crippen molar-refractivity contribution in [3.8, 4) is 5.75 Å². The van der Waals surface area contributed by atoms with Gasteiger partial charge >= 0.3 is 5.97 Å². The number of aliphatic imine (C=N–C) groups is 2. The van der Waals surface area contributed by atoms with E-state index >= 15 is 0 Å². The van der Waals surface area contributed by atoms with Crippen LogP contribution in [0.3, 0.4) is 0 Å². The number of benzene rings is 1. The summed E-state index contributed by atoms with van der Waals surface area (Å²) in [6.45, 7) is 11.1. The lowest BCUT2D eigenvalue weighted by molar-refractivity contribution is -0.145. The maximum absolute atomic E-state index is 14.2. The number of nitrogens with two attached hydrogens (primary N) is 5. The molecule has 7 unspecified atom stereocenters. The minimum atomic E-state index is -1.26. The van der Waals surface area contributed by atoms with Crippen molar-refractivity contribution in [1.29, 1.82) is 0 Å². The molecule has 1 heterocycles. The number of aliphatic carboxylic acids is 1. The molecule has 1 saturated heterocycles. The molecule has 1 fully saturated rings. The molecule has 0 saturated carbocycles. The molecule has 0 spiro atoms. The molecular weight excluding hydrogens is 831 g/mol. The van der Waals surface area contributed by atoms with Crippen molar-refractivity contribution in [2.75, 3.05) is 19.6 Å². The van der Waals surface area contributed by atoms with Gasteiger partial charge in [-0.2, -0.15) is 0 Å². The van der Waals surface area contributed by atoms with Crippen molar-refractivity contribution < 1.29 is 43.8 Å². The quantitative estimate of drug-likeness (QED) is 0.0278. The summed E-state index contributed by atoms with van der Waals surface area (Å²) in [6, 6.07) is -1.88. The number of likely N-dealkylation sites (tertiary alicyclic amines) is 1. The summed E-state index contributed by atoms with van der Waals surface area (Å²) in [5, 5.41) is 33.1. The number of amides is 6. The van der Waals surface area contributed by atoms with E-state index in [-0.39, 0.29) is 81.7 Å². The predicted octanol–water partition coefficient (Wildman–Crippen LogP) is -1.77. The molecule has 2 rings (SSSR count). The van der Waals surface area contributed by atoms with E-state index in [0.29, 0.717) is 18.4 Å². The van der Waals surface area contributed by atoms with Crippen molar-refractivity contribution in [2.24, 2.45) is 56.4 Å². The highest BCUT2D eigenvalue weighted by atomic mass is 16.4. The summed E-state index contributed by atoms with van der Waals surface area (Å²) in [5.74, 6) is -6.47. The van der Waals surface area contributed by atoms with Gasteiger partial charge in [0, 0.05) is 26.1 Å². The lowest BCUT2D eigenvalue weighted by Crippen LogP contribution is -2.61. The zero-order chi connectivity index (χ0) is 48.3. The topological polar surface area (TPSA) is 378 Å². The lowest BCUT2D eigenvalue weighted by Gasteiger charge is -2.32. The Bertz CT molecular complexity index is 1800. The van der Waals surface area contributed by atoms with Crippen LogP contribution in [0.15, 0.2) is 34.3 Å². The fourth-order valence-corrected chi connectivity index (χ4v) is 7.06. The Morgan fingerprint density at radius 2 is 1.22 bits per heavy atom. The monoisotopic (exact) mass is 902 g/mol. The standard InChI is InChI=1S/C42H71N13O9/c1-22(2)20-30(39(62)55-19-9-12-31(55)36(59)50-28(40(63)64)11-8-18-49-42(46)47)52-37(60)32(23(3)4)54-38(61)33(24(5)6)53-35(58)29(21-25-13-15-26(56)16-14-25)51-34(57)27(43)10-7-17-48-41(44)45/h13-16,22-24,27-33,56H,7-12,17-21,43H2,1-6H3,(H,50,59)(H,51,57)(H,52,60)(H,53,58)(H,54,61)(H,63,64)(H4,44,45,48)(H4,46,47,49). The molecule has 64 heavy (non-hydrogen) atoms. The summed E-state index contributed by atoms with van der Waals surface area (Å²) in [4.78, 5) is 104. The van der Waals surface area contributed by atoms with Crippen molar-refractivity contribution in [2.45, 2.75) is 135 Å². The first kappa shape index (κ1) is 53.9. The number of rotatable bonds is 26. The molecule has 0 aliphatic carbocycles. The highest BCUT2D eigenvalue weighted by Crippen LogP contribution is 2.22. The van der Waals surface area contributed by atoms with E-state index < -0.39 is 95.5 Å². The summed E-state index contributed by atoms with van der Waals surface area (Å²) >= 11 is 0. The van der Waals surface area contributed by atoms with Crippen LogP contribution in [0.4, 0.5) is 0 Å². The number of hydrogen-bond acceptors (Lipinski definition) is 11. The highest BCUT2D eigenvalue weighted by molar-refractivity contribution is 5.97. The number of phenolic OH excluding ortho intramolecular Hbond substituents is 1. The van der Waals surface area contributed by atoms with Gasteiger partial charge in [-0.15, -0.1) is 0 Å². The zero-order valence-electron chi connectivity index (χ0n) is 37.8. The third-order valence-corrected chi connectivity index (χ3v) is 10.5. The second kappa shape index (κ2) is 26.4. The van der Waals surface area contributed by atoms with Crippen LogP contribution in [-0.4, -0.2) is 130 Å². The number of carbonyl (C=O) groups is 7. The van der Waals surface area contributed by atoms with E-state index in [0.717, 1.165) is 0 Å². The average Bonchev–Trinajstić information content (AvgIpc) is 3.71. The molecule has 22 heteroatoms. The molecule has 1 aliphatic heterocycles. The summed E-state index contributed by atoms with van der Waals surface area (Å²) < 4.78 is 0. The number of nitrogens with one attached hydrogen (secondary N) is 5. The van der Waals surface area contributed by atoms with Crippen LogP contribution in [0.1, 0.15) is 92.1 Å². The number of carbonyl (C=O) groups excluding carboxylic acids is 6. The maximum Gasteiger partial charge on any atom is 0.326 e. The molecule has 6 amide bonds. The number of nitrogens with zero attached hydrogens (tertiary/aromatic N) is 3. The van der Waals surface area contributed by atoms with Crippen LogP contribution < -0.4 is 55.3 Å². The van der Waals surface area contributed by atoms with E-state index in [9.17, 15) is 43.8 Å². The molecule has 1 aromatic rings. The third-order valence-electron chi connectivity index (χ3n) is 10.5. The van der Waals surface area contributed by atoms with Gasteiger partial charge in [-0.25, -0.2) is 4.79 Å². The second-order valence-corrected chi connectivity index (χ2v) is 17.2. The van der Waals surface area contributed by atoms with Crippen molar-refractivity contribution in [3.63, 3.8) is 0 Å². The first-order valence-electron chi connectivity index (χ1n) is 21.7. The van der Waals surface area contributed by atoms with Gasteiger partial charge in [0.15, 0.2) is 11.9 Å². The molecule has 0 aromatic heterocycles. The van der Waals surface area contributed by atoms with Gasteiger partial charge in [-0.1, -0.05) is 53.7 Å². The van der Waals surface area contributed by atoms with E-state index in [1.54, 1.807) is 39.8 Å². The SMILES string of the molecule is CC(C)CC(NC(=O)C(NC(=O)C(NC(=O)C(Cc1ccc(O)cc1)NC(=O)C(N)CCCN=C(N)N)C(C)C)C(C)C)C(=O)N1CCCC1C(=O)NC(CCCN=C(N)N)C(=O)O. The van der Waals surface area contributed by atoms with Crippen LogP contribution in [-0.2, 0) is 40.0 Å². The fraction of sp³-hybridized carbons (Fsp3) is 0.643. The first-order valence-corrected chi connectivity index (χ1v) is 21.7. The van der Waals surface area contributed by atoms with Gasteiger partial charge in [0.1, 0.15) is 42.0 Å². The maximum atomic E-state index is 14.2. The Hall–Kier alpha value is -6.19. The Kier molecular flexibility index (Phi) is 22.3. The summed E-state index contributed by atoms with van der Waals surface area (Å²) in [7, 11) is 0. The summed E-state index contributed by atoms with van der Waals surface area (Å²) in [5.41, 5.74) is 28.1. The van der Waals surface area contributed by atoms with Gasteiger partial charge in [-0.3, -0.25) is 38.8 Å². The molecule has 7 atom stereocenters. The smallest absolute Gasteiger partial charge is 0.326 e. The number of hydrogen-bond donors (Lipinski definition) is 12. The van der Waals surface area contributed by atoms with Gasteiger partial charge in [0.2, 0.25) is 35.4 Å². The Balaban J connectivity index is 2.26. The van der Waals surface area contributed by atoms with Gasteiger partial charge in [0.05, 0.1) is 6.04 Å². The lowest BCUT2D eigenvalue weighted by atomic mass is 9.97. The average molecular weight is 902 g/mol. The van der Waals surface area contributed by atoms with Crippen LogP contribution in [0.2, 0.25) is 0 Å². The molecule has 0 bridgehead atoms. The fourth-order valence-electron chi connectivity index (χ4n) is 7.06. The second-order valence-electron chi connectivity index (χ2n) is 17.2. The normalized spacial score (nSPS) is 16.4. The number of carboxylic acid groups (broad SMARTS) is 1. The van der Waals surface area contributed by atoms with Crippen LogP contribution >= 0.6 is 0 Å². The van der Waals surface area contributed by atoms with Crippen molar-refractivity contribution >= 4 is 53.3 Å². The third kappa shape index (κ3) is 18.3. The number of guanidine groups is 2. The number of phenols is 1. The molecule has 0 radical (unpaired) electrons. The highest BCUT2D eigenvalue weighted by Gasteiger charge is 2.40. The Morgan fingerprint density at radius 1 is 0.703 bits per heavy atom. The van der Waals surface area contributed by atoms with E-state index in [1.807, 2.05) is 13.8 Å². The Labute approximate surface area is 374 Å². The molecule has 1 aromatic carbocycles. The first-order chi connectivity index (χ1) is 30.0. The molecular formula is C42H71N13O9. The van der Waals surface area contributed by atoms with E-state index in [4.69, 9.17) is 28.7 Å². The van der Waals surface area contributed by atoms with Crippen LogP contribution in [0, 0.1) is 17.8 Å². The predicted molar refractivity (Wildman–Crippen MR) is 241 cm³/mol. The molecule has 358 valence electrons. The van der Waals surface area contributed by atoms with Crippen LogP contribution in [0.25, 0.3) is 0 Å².